The van der Waals surface area contributed by atoms with Gasteiger partial charge in [-0.15, -0.1) is 0 Å². The number of nitrogens with one attached hydrogen (secondary N) is 3. The van der Waals surface area contributed by atoms with Crippen molar-refractivity contribution in [1.82, 2.24) is 10.3 Å². The van der Waals surface area contributed by atoms with Crippen LogP contribution in [0.5, 0.6) is 0 Å². The number of H-pyrrole nitrogens is 1. The summed E-state index contributed by atoms with van der Waals surface area (Å²) in [5.41, 5.74) is 5.07. The maximum absolute atomic E-state index is 12.6. The summed E-state index contributed by atoms with van der Waals surface area (Å²) in [6, 6.07) is 17.1. The smallest absolute Gasteiger partial charge is 0.408 e. The monoisotopic (exact) mass is 433 g/mol. The SMILES string of the molecule is Cc1cc(NC2CCCC2)c2[nH]c([C@@H](Cc3ccccc3)NC(=O)OC(C)(C)C)cc2c1. The maximum atomic E-state index is 12.6. The third-order valence-corrected chi connectivity index (χ3v) is 5.96. The number of hydrogen-bond acceptors (Lipinski definition) is 3. The molecule has 3 N–H and O–H groups in total. The molecule has 1 heterocycles. The number of anilines is 1. The molecular weight excluding hydrogens is 398 g/mol. The molecule has 0 radical (unpaired) electrons. The average Bonchev–Trinajstić information content (AvgIpc) is 3.36. The quantitative estimate of drug-likeness (QED) is 0.408. The lowest BCUT2D eigenvalue weighted by molar-refractivity contribution is 0.0502. The zero-order chi connectivity index (χ0) is 22.7. The van der Waals surface area contributed by atoms with Crippen molar-refractivity contribution in [2.75, 3.05) is 5.32 Å². The van der Waals surface area contributed by atoms with Crippen molar-refractivity contribution in [1.29, 1.82) is 0 Å². The van der Waals surface area contributed by atoms with Gasteiger partial charge in [-0.2, -0.15) is 0 Å². The van der Waals surface area contributed by atoms with Gasteiger partial charge >= 0.3 is 6.09 Å². The third kappa shape index (κ3) is 5.64. The summed E-state index contributed by atoms with van der Waals surface area (Å²) in [6.07, 6.45) is 5.30. The number of hydrogen-bond donors (Lipinski definition) is 3. The van der Waals surface area contributed by atoms with Crippen molar-refractivity contribution >= 4 is 22.7 Å². The van der Waals surface area contributed by atoms with Crippen LogP contribution in [0.1, 0.15) is 69.3 Å². The topological polar surface area (TPSA) is 66.2 Å². The minimum atomic E-state index is -0.544. The summed E-state index contributed by atoms with van der Waals surface area (Å²) >= 11 is 0. The number of rotatable bonds is 6. The van der Waals surface area contributed by atoms with Crippen LogP contribution in [0.15, 0.2) is 48.5 Å². The molecule has 1 amide bonds. The Hall–Kier alpha value is -2.95. The van der Waals surface area contributed by atoms with Gasteiger partial charge in [-0.25, -0.2) is 4.79 Å². The highest BCUT2D eigenvalue weighted by atomic mass is 16.6. The molecule has 32 heavy (non-hydrogen) atoms. The van der Waals surface area contributed by atoms with Gasteiger partial charge in [-0.1, -0.05) is 43.2 Å². The van der Waals surface area contributed by atoms with Crippen LogP contribution >= 0.6 is 0 Å². The van der Waals surface area contributed by atoms with Crippen LogP contribution in [-0.2, 0) is 11.2 Å². The molecule has 0 spiro atoms. The van der Waals surface area contributed by atoms with Crippen LogP contribution in [-0.4, -0.2) is 22.7 Å². The molecule has 4 rings (SSSR count). The molecule has 3 aromatic rings. The zero-order valence-corrected chi connectivity index (χ0v) is 19.6. The molecule has 0 bridgehead atoms. The van der Waals surface area contributed by atoms with Crippen LogP contribution in [0.3, 0.4) is 0 Å². The molecule has 1 aliphatic rings. The van der Waals surface area contributed by atoms with Crippen molar-refractivity contribution in [3.05, 3.63) is 65.4 Å². The van der Waals surface area contributed by atoms with E-state index in [0.717, 1.165) is 27.8 Å². The predicted molar refractivity (Wildman–Crippen MR) is 131 cm³/mol. The van der Waals surface area contributed by atoms with Crippen LogP contribution in [0, 0.1) is 6.92 Å². The van der Waals surface area contributed by atoms with Crippen LogP contribution in [0.2, 0.25) is 0 Å². The largest absolute Gasteiger partial charge is 0.444 e. The number of fused-ring (bicyclic) bond motifs is 1. The number of aryl methyl sites for hydroxylation is 1. The van der Waals surface area contributed by atoms with E-state index in [1.54, 1.807) is 0 Å². The lowest BCUT2D eigenvalue weighted by atomic mass is 10.0. The van der Waals surface area contributed by atoms with Gasteiger partial charge in [0.15, 0.2) is 0 Å². The molecule has 5 nitrogen and oxygen atoms in total. The molecule has 1 fully saturated rings. The Balaban J connectivity index is 1.65. The van der Waals surface area contributed by atoms with Gasteiger partial charge in [-0.3, -0.25) is 0 Å². The second-order valence-corrected chi connectivity index (χ2v) is 10.0. The number of ether oxygens (including phenoxy) is 1. The predicted octanol–water partition coefficient (Wildman–Crippen LogP) is 6.64. The van der Waals surface area contributed by atoms with Crippen LogP contribution in [0.25, 0.3) is 10.9 Å². The van der Waals surface area contributed by atoms with Gasteiger partial charge in [0.2, 0.25) is 0 Å². The summed E-state index contributed by atoms with van der Waals surface area (Å²) in [4.78, 5) is 16.3. The van der Waals surface area contributed by atoms with E-state index in [9.17, 15) is 4.79 Å². The Bertz CT molecular complexity index is 1060. The summed E-state index contributed by atoms with van der Waals surface area (Å²) < 4.78 is 5.56. The van der Waals surface area contributed by atoms with Crippen LogP contribution in [0.4, 0.5) is 10.5 Å². The molecule has 1 atom stereocenters. The molecule has 0 saturated heterocycles. The number of carbonyl (C=O) groups is 1. The molecule has 0 aliphatic heterocycles. The highest BCUT2D eigenvalue weighted by Crippen LogP contribution is 2.32. The number of amides is 1. The van der Waals surface area contributed by atoms with E-state index in [2.05, 4.69) is 52.9 Å². The fourth-order valence-electron chi connectivity index (χ4n) is 4.55. The molecule has 170 valence electrons. The summed E-state index contributed by atoms with van der Waals surface area (Å²) in [6.45, 7) is 7.77. The van der Waals surface area contributed by atoms with Crippen molar-refractivity contribution < 1.29 is 9.53 Å². The highest BCUT2D eigenvalue weighted by Gasteiger charge is 2.23. The Morgan fingerprint density at radius 1 is 1.12 bits per heavy atom. The Kier molecular flexibility index (Phi) is 6.45. The third-order valence-electron chi connectivity index (χ3n) is 5.96. The van der Waals surface area contributed by atoms with E-state index in [1.165, 1.54) is 31.2 Å². The van der Waals surface area contributed by atoms with E-state index in [-0.39, 0.29) is 6.04 Å². The molecule has 0 unspecified atom stereocenters. The van der Waals surface area contributed by atoms with Gasteiger partial charge in [0.1, 0.15) is 5.60 Å². The van der Waals surface area contributed by atoms with E-state index in [0.29, 0.717) is 12.5 Å². The molecule has 1 aliphatic carbocycles. The number of alkyl carbamates (subject to hydrolysis) is 1. The fourth-order valence-corrected chi connectivity index (χ4v) is 4.55. The number of benzene rings is 2. The number of aromatic nitrogens is 1. The zero-order valence-electron chi connectivity index (χ0n) is 19.6. The maximum Gasteiger partial charge on any atom is 0.408 e. The van der Waals surface area contributed by atoms with Gasteiger partial charge in [0.25, 0.3) is 0 Å². The first kappa shape index (κ1) is 22.3. The minimum Gasteiger partial charge on any atom is -0.444 e. The van der Waals surface area contributed by atoms with E-state index < -0.39 is 11.7 Å². The standard InChI is InChI=1S/C27H35N3O2/c1-18-14-20-17-23(29-25(20)24(15-18)28-21-12-8-9-13-21)22(16-19-10-6-5-7-11-19)30-26(31)32-27(2,3)4/h5-7,10-11,14-15,17,21-22,28-29H,8-9,12-13,16H2,1-4H3,(H,30,31)/t22-/m1/s1. The Morgan fingerprint density at radius 2 is 1.84 bits per heavy atom. The normalized spacial score (nSPS) is 15.6. The van der Waals surface area contributed by atoms with Gasteiger partial charge in [0, 0.05) is 17.1 Å². The van der Waals surface area contributed by atoms with E-state index in [4.69, 9.17) is 4.74 Å². The molecule has 1 saturated carbocycles. The lowest BCUT2D eigenvalue weighted by Crippen LogP contribution is -2.35. The minimum absolute atomic E-state index is 0.223. The lowest BCUT2D eigenvalue weighted by Gasteiger charge is -2.23. The van der Waals surface area contributed by atoms with Crippen molar-refractivity contribution in [3.63, 3.8) is 0 Å². The van der Waals surface area contributed by atoms with Crippen molar-refractivity contribution in [3.8, 4) is 0 Å². The number of carbonyl (C=O) groups excluding carboxylic acids is 1. The van der Waals surface area contributed by atoms with Crippen LogP contribution < -0.4 is 10.6 Å². The van der Waals surface area contributed by atoms with Crippen molar-refractivity contribution in [2.24, 2.45) is 0 Å². The second kappa shape index (κ2) is 9.27. The molecular formula is C27H35N3O2. The second-order valence-electron chi connectivity index (χ2n) is 10.0. The summed E-state index contributed by atoms with van der Waals surface area (Å²) in [7, 11) is 0. The van der Waals surface area contributed by atoms with E-state index >= 15 is 0 Å². The Morgan fingerprint density at radius 3 is 2.53 bits per heavy atom. The highest BCUT2D eigenvalue weighted by molar-refractivity contribution is 5.92. The van der Waals surface area contributed by atoms with Crippen molar-refractivity contribution in [2.45, 2.75) is 77.5 Å². The average molecular weight is 434 g/mol. The number of aromatic amines is 1. The summed E-state index contributed by atoms with van der Waals surface area (Å²) in [5.74, 6) is 0. The summed E-state index contributed by atoms with van der Waals surface area (Å²) in [5, 5.41) is 8.01. The molecule has 1 aromatic heterocycles. The van der Waals surface area contributed by atoms with Gasteiger partial charge < -0.3 is 20.4 Å². The van der Waals surface area contributed by atoms with E-state index in [1.807, 2.05) is 39.0 Å². The first-order valence-corrected chi connectivity index (χ1v) is 11.7. The van der Waals surface area contributed by atoms with Gasteiger partial charge in [0.05, 0.1) is 17.2 Å². The first-order chi connectivity index (χ1) is 15.3. The Labute approximate surface area is 190 Å². The molecule has 2 aromatic carbocycles. The molecule has 5 heteroatoms. The van der Waals surface area contributed by atoms with Gasteiger partial charge in [-0.05, 0) is 76.3 Å². The fraction of sp³-hybridized carbons (Fsp3) is 0.444. The first-order valence-electron chi connectivity index (χ1n) is 11.7.